The number of hydrogen-bond donors (Lipinski definition) is 2. The van der Waals surface area contributed by atoms with Crippen LogP contribution in [0.4, 0.5) is 11.4 Å². The Morgan fingerprint density at radius 3 is 2.75 bits per heavy atom. The summed E-state index contributed by atoms with van der Waals surface area (Å²) in [5, 5.41) is 2.88. The molecule has 0 unspecified atom stereocenters. The lowest BCUT2D eigenvalue weighted by Gasteiger charge is -2.10. The number of nitrogens with two attached hydrogens (primary N) is 1. The van der Waals surface area contributed by atoms with Crippen molar-refractivity contribution in [3.63, 3.8) is 0 Å². The molecule has 2 rings (SSSR count). The first-order valence-electron chi connectivity index (χ1n) is 6.38. The number of nitrogen functional groups attached to an aromatic ring is 1. The van der Waals surface area contributed by atoms with E-state index < -0.39 is 0 Å². The number of methoxy groups -OCH3 is 1. The number of hydrogen-bond acceptors (Lipinski definition) is 3. The first-order chi connectivity index (χ1) is 9.60. The number of carbonyl (C=O) groups is 1. The Morgan fingerprint density at radius 2 is 2.00 bits per heavy atom. The van der Waals surface area contributed by atoms with E-state index in [0.717, 1.165) is 22.6 Å². The molecule has 20 heavy (non-hydrogen) atoms. The molecule has 0 aliphatic rings. The number of rotatable bonds is 4. The van der Waals surface area contributed by atoms with Crippen molar-refractivity contribution in [2.24, 2.45) is 0 Å². The Morgan fingerprint density at radius 1 is 1.25 bits per heavy atom. The van der Waals surface area contributed by atoms with E-state index in [2.05, 4.69) is 5.32 Å². The van der Waals surface area contributed by atoms with Crippen LogP contribution < -0.4 is 15.8 Å². The third-order valence-corrected chi connectivity index (χ3v) is 3.15. The van der Waals surface area contributed by atoms with Crippen molar-refractivity contribution in [2.45, 2.75) is 13.3 Å². The van der Waals surface area contributed by atoms with Crippen LogP contribution in [0.15, 0.2) is 42.5 Å². The Hall–Kier alpha value is -2.49. The lowest BCUT2D eigenvalue weighted by Crippen LogP contribution is -2.15. The summed E-state index contributed by atoms with van der Waals surface area (Å²) in [5.41, 5.74) is 9.02. The molecule has 0 radical (unpaired) electrons. The van der Waals surface area contributed by atoms with Crippen LogP contribution in [0.25, 0.3) is 0 Å². The lowest BCUT2D eigenvalue weighted by molar-refractivity contribution is -0.115. The van der Waals surface area contributed by atoms with Gasteiger partial charge in [0.05, 0.1) is 13.5 Å². The zero-order chi connectivity index (χ0) is 14.5. The molecule has 0 fully saturated rings. The molecule has 0 saturated heterocycles. The number of anilines is 2. The van der Waals surface area contributed by atoms with Gasteiger partial charge < -0.3 is 15.8 Å². The second-order valence-electron chi connectivity index (χ2n) is 4.60. The van der Waals surface area contributed by atoms with Crippen molar-refractivity contribution >= 4 is 17.3 Å². The molecule has 104 valence electrons. The highest BCUT2D eigenvalue weighted by atomic mass is 16.5. The molecule has 1 amide bonds. The molecule has 0 bridgehead atoms. The SMILES string of the molecule is COc1cccc(CC(=O)Nc2cccc(N)c2C)c1. The zero-order valence-electron chi connectivity index (χ0n) is 11.6. The zero-order valence-corrected chi connectivity index (χ0v) is 11.6. The molecule has 0 atom stereocenters. The maximum Gasteiger partial charge on any atom is 0.228 e. The maximum atomic E-state index is 12.1. The van der Waals surface area contributed by atoms with E-state index in [4.69, 9.17) is 10.5 Å². The molecule has 3 N–H and O–H groups in total. The highest BCUT2D eigenvalue weighted by Gasteiger charge is 2.07. The van der Waals surface area contributed by atoms with E-state index in [9.17, 15) is 4.79 Å². The minimum absolute atomic E-state index is 0.0769. The highest BCUT2D eigenvalue weighted by Crippen LogP contribution is 2.21. The van der Waals surface area contributed by atoms with Crippen LogP contribution in [0.2, 0.25) is 0 Å². The van der Waals surface area contributed by atoms with Crippen molar-refractivity contribution in [1.82, 2.24) is 0 Å². The van der Waals surface area contributed by atoms with Gasteiger partial charge in [0.2, 0.25) is 5.91 Å². The molecular weight excluding hydrogens is 252 g/mol. The summed E-state index contributed by atoms with van der Waals surface area (Å²) in [6.07, 6.45) is 0.297. The monoisotopic (exact) mass is 270 g/mol. The van der Waals surface area contributed by atoms with Gasteiger partial charge in [-0.3, -0.25) is 4.79 Å². The summed E-state index contributed by atoms with van der Waals surface area (Å²) < 4.78 is 5.14. The standard InChI is InChI=1S/C16H18N2O2/c1-11-14(17)7-4-8-15(11)18-16(19)10-12-5-3-6-13(9-12)20-2/h3-9H,10,17H2,1-2H3,(H,18,19). The Bertz CT molecular complexity index is 624. The average molecular weight is 270 g/mol. The average Bonchev–Trinajstić information content (AvgIpc) is 2.44. The van der Waals surface area contributed by atoms with Crippen LogP contribution in [-0.4, -0.2) is 13.0 Å². The largest absolute Gasteiger partial charge is 0.497 e. The second kappa shape index (κ2) is 6.10. The van der Waals surface area contributed by atoms with Crippen molar-refractivity contribution < 1.29 is 9.53 Å². The fraction of sp³-hybridized carbons (Fsp3) is 0.188. The molecule has 2 aromatic rings. The molecule has 0 aliphatic carbocycles. The molecule has 4 nitrogen and oxygen atoms in total. The summed E-state index contributed by atoms with van der Waals surface area (Å²) in [6, 6.07) is 12.9. The third-order valence-electron chi connectivity index (χ3n) is 3.15. The van der Waals surface area contributed by atoms with Crippen LogP contribution in [0.3, 0.4) is 0 Å². The van der Waals surface area contributed by atoms with E-state index >= 15 is 0 Å². The van der Waals surface area contributed by atoms with Gasteiger partial charge in [-0.05, 0) is 42.3 Å². The van der Waals surface area contributed by atoms with Gasteiger partial charge in [-0.2, -0.15) is 0 Å². The fourth-order valence-electron chi connectivity index (χ4n) is 1.95. The summed E-state index contributed by atoms with van der Waals surface area (Å²) in [5.74, 6) is 0.669. The van der Waals surface area contributed by atoms with E-state index in [1.807, 2.05) is 49.4 Å². The summed E-state index contributed by atoms with van der Waals surface area (Å²) in [7, 11) is 1.61. The Labute approximate surface area is 118 Å². The minimum atomic E-state index is -0.0769. The van der Waals surface area contributed by atoms with Gasteiger partial charge in [0.15, 0.2) is 0 Å². The smallest absolute Gasteiger partial charge is 0.228 e. The van der Waals surface area contributed by atoms with Gasteiger partial charge in [-0.25, -0.2) is 0 Å². The molecule has 0 aliphatic heterocycles. The van der Waals surface area contributed by atoms with Gasteiger partial charge in [0.25, 0.3) is 0 Å². The number of ether oxygens (including phenoxy) is 1. The van der Waals surface area contributed by atoms with Gasteiger partial charge in [-0.15, -0.1) is 0 Å². The number of benzene rings is 2. The molecule has 4 heteroatoms. The van der Waals surface area contributed by atoms with Crippen LogP contribution in [-0.2, 0) is 11.2 Å². The van der Waals surface area contributed by atoms with Gasteiger partial charge in [0, 0.05) is 11.4 Å². The lowest BCUT2D eigenvalue weighted by atomic mass is 10.1. The van der Waals surface area contributed by atoms with Crippen molar-refractivity contribution in [1.29, 1.82) is 0 Å². The molecule has 0 spiro atoms. The van der Waals surface area contributed by atoms with Crippen molar-refractivity contribution in [3.8, 4) is 5.75 Å². The van der Waals surface area contributed by atoms with E-state index in [1.165, 1.54) is 0 Å². The normalized spacial score (nSPS) is 10.1. The third kappa shape index (κ3) is 3.29. The van der Waals surface area contributed by atoms with Crippen molar-refractivity contribution in [3.05, 3.63) is 53.6 Å². The maximum absolute atomic E-state index is 12.1. The van der Waals surface area contributed by atoms with E-state index in [1.54, 1.807) is 7.11 Å². The summed E-state index contributed by atoms with van der Waals surface area (Å²) in [4.78, 5) is 12.1. The predicted molar refractivity (Wildman–Crippen MR) is 80.9 cm³/mol. The first-order valence-corrected chi connectivity index (χ1v) is 6.38. The number of amides is 1. The van der Waals surface area contributed by atoms with Crippen LogP contribution in [0, 0.1) is 6.92 Å². The highest BCUT2D eigenvalue weighted by molar-refractivity contribution is 5.93. The van der Waals surface area contributed by atoms with Gasteiger partial charge in [-0.1, -0.05) is 18.2 Å². The molecule has 0 aromatic heterocycles. The molecule has 0 heterocycles. The summed E-state index contributed by atoms with van der Waals surface area (Å²) in [6.45, 7) is 1.89. The molecule has 2 aromatic carbocycles. The van der Waals surface area contributed by atoms with E-state index in [0.29, 0.717) is 12.1 Å². The first kappa shape index (κ1) is 13.9. The fourth-order valence-corrected chi connectivity index (χ4v) is 1.95. The molecular formula is C16H18N2O2. The van der Waals surface area contributed by atoms with Gasteiger partial charge in [0.1, 0.15) is 5.75 Å². The topological polar surface area (TPSA) is 64.3 Å². The predicted octanol–water partition coefficient (Wildman–Crippen LogP) is 2.77. The second-order valence-corrected chi connectivity index (χ2v) is 4.60. The van der Waals surface area contributed by atoms with E-state index in [-0.39, 0.29) is 5.91 Å². The number of nitrogens with one attached hydrogen (secondary N) is 1. The Balaban J connectivity index is 2.07. The molecule has 0 saturated carbocycles. The van der Waals surface area contributed by atoms with Gasteiger partial charge >= 0.3 is 0 Å². The van der Waals surface area contributed by atoms with Crippen LogP contribution in [0.5, 0.6) is 5.75 Å². The summed E-state index contributed by atoms with van der Waals surface area (Å²) >= 11 is 0. The minimum Gasteiger partial charge on any atom is -0.497 e. The Kier molecular flexibility index (Phi) is 4.25. The van der Waals surface area contributed by atoms with Crippen LogP contribution >= 0.6 is 0 Å². The quantitative estimate of drug-likeness (QED) is 0.840. The number of carbonyl (C=O) groups excluding carboxylic acids is 1. The van der Waals surface area contributed by atoms with Crippen LogP contribution in [0.1, 0.15) is 11.1 Å². The van der Waals surface area contributed by atoms with Crippen molar-refractivity contribution in [2.75, 3.05) is 18.2 Å².